The molecule has 0 atom stereocenters. The number of rotatable bonds is 8. The molecule has 15 heteroatoms. The van der Waals surface area contributed by atoms with Gasteiger partial charge >= 0.3 is 0 Å². The Bertz CT molecular complexity index is 2670. The lowest BCUT2D eigenvalue weighted by Crippen LogP contribution is -2.36. The van der Waals surface area contributed by atoms with E-state index in [1.165, 1.54) is 0 Å². The summed E-state index contributed by atoms with van der Waals surface area (Å²) in [6.07, 6.45) is 7.03. The zero-order chi connectivity index (χ0) is 40.1. The maximum atomic E-state index is 6.32. The molecule has 59 heavy (non-hydrogen) atoms. The van der Waals surface area contributed by atoms with Crippen LogP contribution in [-0.2, 0) is 9.47 Å². The number of anilines is 3. The van der Waals surface area contributed by atoms with E-state index in [1.54, 1.807) is 39.0 Å². The first-order valence-corrected chi connectivity index (χ1v) is 19.4. The molecule has 0 amide bonds. The maximum Gasteiger partial charge on any atom is 0.130 e. The molecule has 0 radical (unpaired) electrons. The molecule has 4 N–H and O–H groups in total. The molecule has 8 heterocycles. The average molecular weight is 790 g/mol. The zero-order valence-electron chi connectivity index (χ0n) is 32.8. The number of fused-ring (bicyclic) bond motifs is 2. The molecule has 2 saturated heterocycles. The van der Waals surface area contributed by atoms with Crippen LogP contribution in [0.5, 0.6) is 11.5 Å². The van der Waals surface area contributed by atoms with Gasteiger partial charge in [-0.05, 0) is 60.2 Å². The molecule has 0 saturated carbocycles. The Hall–Kier alpha value is -7.10. The molecule has 2 aromatic carbocycles. The lowest BCUT2D eigenvalue weighted by atomic mass is 9.98. The number of aromatic amines is 2. The Kier molecular flexibility index (Phi) is 10.7. The van der Waals surface area contributed by atoms with Crippen LogP contribution in [0.25, 0.3) is 66.8 Å². The van der Waals surface area contributed by atoms with E-state index in [9.17, 15) is 0 Å². The lowest BCUT2D eigenvalue weighted by Gasteiger charge is -2.29. The van der Waals surface area contributed by atoms with Gasteiger partial charge in [-0.2, -0.15) is 10.2 Å². The van der Waals surface area contributed by atoms with Gasteiger partial charge in [0.15, 0.2) is 0 Å². The zero-order valence-corrected chi connectivity index (χ0v) is 32.8. The van der Waals surface area contributed by atoms with E-state index in [4.69, 9.17) is 34.6 Å². The van der Waals surface area contributed by atoms with E-state index in [2.05, 4.69) is 52.3 Å². The number of nitrogens with zero attached hydrogens (tertiary/aromatic N) is 8. The number of H-pyrrole nitrogens is 2. The van der Waals surface area contributed by atoms with Gasteiger partial charge in [-0.3, -0.25) is 20.2 Å². The van der Waals surface area contributed by atoms with E-state index >= 15 is 0 Å². The highest BCUT2D eigenvalue weighted by Crippen LogP contribution is 2.44. The highest BCUT2D eigenvalue weighted by Gasteiger charge is 2.23. The Labute approximate surface area is 340 Å². The molecular formula is C44H43N11O4. The number of nitrogens with two attached hydrogens (primary N) is 1. The van der Waals surface area contributed by atoms with Crippen LogP contribution in [0.1, 0.15) is 0 Å². The number of para-hydroxylation sites is 1. The van der Waals surface area contributed by atoms with E-state index in [1.807, 2.05) is 66.7 Å². The summed E-state index contributed by atoms with van der Waals surface area (Å²) >= 11 is 0. The third-order valence-corrected chi connectivity index (χ3v) is 10.6. The molecule has 2 aliphatic heterocycles. The van der Waals surface area contributed by atoms with Crippen LogP contribution in [0.4, 0.5) is 17.3 Å². The Morgan fingerprint density at radius 1 is 0.576 bits per heavy atom. The Morgan fingerprint density at radius 3 is 1.58 bits per heavy atom. The third kappa shape index (κ3) is 7.44. The van der Waals surface area contributed by atoms with Gasteiger partial charge in [0.2, 0.25) is 0 Å². The maximum absolute atomic E-state index is 6.32. The molecular weight excluding hydrogens is 747 g/mol. The number of pyridine rings is 4. The van der Waals surface area contributed by atoms with Crippen molar-refractivity contribution in [1.82, 2.24) is 40.3 Å². The average Bonchev–Trinajstić information content (AvgIpc) is 4.05. The quantitative estimate of drug-likeness (QED) is 0.140. The van der Waals surface area contributed by atoms with Crippen LogP contribution >= 0.6 is 0 Å². The molecule has 0 spiro atoms. The van der Waals surface area contributed by atoms with Gasteiger partial charge in [-0.25, -0.2) is 9.97 Å². The van der Waals surface area contributed by atoms with Crippen molar-refractivity contribution in [2.75, 3.05) is 82.4 Å². The molecule has 2 aliphatic rings. The molecule has 8 aromatic rings. The number of hydrogen-bond donors (Lipinski definition) is 3. The second-order valence-electron chi connectivity index (χ2n) is 13.9. The fraction of sp³-hybridized carbons (Fsp3) is 0.227. The minimum atomic E-state index is 0.674. The van der Waals surface area contributed by atoms with Crippen molar-refractivity contribution in [1.29, 1.82) is 0 Å². The van der Waals surface area contributed by atoms with Gasteiger partial charge in [0.05, 0.1) is 57.6 Å². The van der Waals surface area contributed by atoms with Crippen LogP contribution in [0.15, 0.2) is 104 Å². The second-order valence-corrected chi connectivity index (χ2v) is 13.9. The molecule has 2 fully saturated rings. The van der Waals surface area contributed by atoms with E-state index in [0.29, 0.717) is 26.4 Å². The number of methoxy groups -OCH3 is 2. The highest BCUT2D eigenvalue weighted by atomic mass is 16.5. The van der Waals surface area contributed by atoms with Crippen LogP contribution in [-0.4, -0.2) is 107 Å². The lowest BCUT2D eigenvalue weighted by molar-refractivity contribution is 0.122. The monoisotopic (exact) mass is 789 g/mol. The number of benzene rings is 2. The molecule has 15 nitrogen and oxygen atoms in total. The standard InChI is InChI=1S/C23H23N5O3.C21H20N6O/c1-29-18-4-3-5-19(30-2)21(18)16-14-20(28-10-12-31-13-11-28)26-22-15(16)6-8-24-23(22)17-7-9-25-27-17;22-17-4-2-1-3-14(17)16-13-19(27-9-11-28-12-10-27)25-20-15(16)5-7-23-21(20)18-6-8-24-26-18/h3-9,14H,10-13H2,1-2H3,(H,25,27);1-8,13H,9-12,22H2,(H,24,26). The summed E-state index contributed by atoms with van der Waals surface area (Å²) < 4.78 is 22.5. The van der Waals surface area contributed by atoms with Crippen molar-refractivity contribution in [3.05, 3.63) is 104 Å². The van der Waals surface area contributed by atoms with Gasteiger partial charge < -0.3 is 34.5 Å². The first-order valence-electron chi connectivity index (χ1n) is 19.4. The van der Waals surface area contributed by atoms with Crippen LogP contribution < -0.4 is 25.0 Å². The number of ether oxygens (including phenoxy) is 4. The molecule has 0 bridgehead atoms. The fourth-order valence-electron chi connectivity index (χ4n) is 7.64. The van der Waals surface area contributed by atoms with Gasteiger partial charge in [0, 0.05) is 78.6 Å². The number of aromatic nitrogens is 8. The summed E-state index contributed by atoms with van der Waals surface area (Å²) in [5, 5.41) is 16.2. The molecule has 6 aromatic heterocycles. The number of hydrogen-bond acceptors (Lipinski definition) is 13. The third-order valence-electron chi connectivity index (χ3n) is 10.6. The predicted molar refractivity (Wildman–Crippen MR) is 229 cm³/mol. The molecule has 10 rings (SSSR count). The SMILES string of the molecule is COc1cccc(OC)c1-c1cc(N2CCOCC2)nc2c(-c3ccn[nH]3)nccc12.Nc1ccccc1-c1cc(N2CCOCC2)nc2c(-c3ccn[nH]3)nccc12. The van der Waals surface area contributed by atoms with Crippen molar-refractivity contribution in [2.45, 2.75) is 0 Å². The summed E-state index contributed by atoms with van der Waals surface area (Å²) in [6, 6.07) is 25.7. The highest BCUT2D eigenvalue weighted by molar-refractivity contribution is 6.04. The van der Waals surface area contributed by atoms with Crippen LogP contribution in [0.2, 0.25) is 0 Å². The summed E-state index contributed by atoms with van der Waals surface area (Å²) in [5.41, 5.74) is 15.8. The normalized spacial score (nSPS) is 14.3. The van der Waals surface area contributed by atoms with Gasteiger partial charge in [-0.1, -0.05) is 24.3 Å². The number of morpholine rings is 2. The summed E-state index contributed by atoms with van der Waals surface area (Å²) in [5.74, 6) is 3.25. The molecule has 298 valence electrons. The summed E-state index contributed by atoms with van der Waals surface area (Å²) in [4.78, 5) is 23.7. The van der Waals surface area contributed by atoms with E-state index in [-0.39, 0.29) is 0 Å². The molecule has 0 aliphatic carbocycles. The summed E-state index contributed by atoms with van der Waals surface area (Å²) in [7, 11) is 3.34. The van der Waals surface area contributed by atoms with Gasteiger partial charge in [0.1, 0.15) is 45.6 Å². The van der Waals surface area contributed by atoms with Gasteiger partial charge in [0.25, 0.3) is 0 Å². The Balaban J connectivity index is 0.000000153. The van der Waals surface area contributed by atoms with E-state index in [0.717, 1.165) is 122 Å². The number of nitrogens with one attached hydrogen (secondary N) is 2. The number of nitrogen functional groups attached to an aromatic ring is 1. The largest absolute Gasteiger partial charge is 0.496 e. The minimum absolute atomic E-state index is 0.674. The van der Waals surface area contributed by atoms with Crippen molar-refractivity contribution < 1.29 is 18.9 Å². The smallest absolute Gasteiger partial charge is 0.130 e. The first-order chi connectivity index (χ1) is 29.1. The van der Waals surface area contributed by atoms with Crippen LogP contribution in [0, 0.1) is 0 Å². The van der Waals surface area contributed by atoms with Crippen molar-refractivity contribution in [2.24, 2.45) is 0 Å². The Morgan fingerprint density at radius 2 is 1.08 bits per heavy atom. The summed E-state index contributed by atoms with van der Waals surface area (Å²) in [6.45, 7) is 5.91. The van der Waals surface area contributed by atoms with E-state index < -0.39 is 0 Å². The topological polar surface area (TPSA) is 178 Å². The van der Waals surface area contributed by atoms with Crippen molar-refractivity contribution in [3.63, 3.8) is 0 Å². The fourth-order valence-corrected chi connectivity index (χ4v) is 7.64. The van der Waals surface area contributed by atoms with Gasteiger partial charge in [-0.15, -0.1) is 0 Å². The van der Waals surface area contributed by atoms with Crippen LogP contribution in [0.3, 0.4) is 0 Å². The second kappa shape index (κ2) is 16.8. The molecule has 0 unspecified atom stereocenters. The van der Waals surface area contributed by atoms with Crippen molar-refractivity contribution in [3.8, 4) is 56.5 Å². The van der Waals surface area contributed by atoms with Crippen molar-refractivity contribution >= 4 is 39.1 Å². The minimum Gasteiger partial charge on any atom is -0.496 e. The predicted octanol–water partition coefficient (Wildman–Crippen LogP) is 6.65. The first kappa shape index (κ1) is 37.5.